The molecule has 0 unspecified atom stereocenters. The molecule has 0 aromatic heterocycles. The number of ether oxygens (including phenoxy) is 1. The Hall–Kier alpha value is -2.57. The zero-order valence-corrected chi connectivity index (χ0v) is 19.6. The lowest BCUT2D eigenvalue weighted by atomic mass is 9.87. The summed E-state index contributed by atoms with van der Waals surface area (Å²) >= 11 is 0. The first-order valence-electron chi connectivity index (χ1n) is 12.0. The Morgan fingerprint density at radius 1 is 1.09 bits per heavy atom. The molecule has 0 radical (unpaired) electrons. The number of likely N-dealkylation sites (N-methyl/N-ethyl adjacent to an activating group) is 1. The summed E-state index contributed by atoms with van der Waals surface area (Å²) in [6.45, 7) is 6.39. The highest BCUT2D eigenvalue weighted by atomic mass is 16.5. The van der Waals surface area contributed by atoms with E-state index in [1.807, 2.05) is 18.7 Å². The molecule has 1 aliphatic carbocycles. The molecule has 2 fully saturated rings. The van der Waals surface area contributed by atoms with E-state index in [-0.39, 0.29) is 29.6 Å². The van der Waals surface area contributed by atoms with Gasteiger partial charge < -0.3 is 19.9 Å². The Bertz CT molecular complexity index is 794. The van der Waals surface area contributed by atoms with Crippen molar-refractivity contribution in [1.29, 1.82) is 0 Å². The van der Waals surface area contributed by atoms with Gasteiger partial charge in [-0.2, -0.15) is 0 Å². The molecule has 1 N–H and O–H groups in total. The van der Waals surface area contributed by atoms with Crippen LogP contribution in [0, 0.1) is 11.8 Å². The first kappa shape index (κ1) is 24.1. The summed E-state index contributed by atoms with van der Waals surface area (Å²) in [5.74, 6) is 0.722. The maximum absolute atomic E-state index is 13.3. The predicted molar refractivity (Wildman–Crippen MR) is 123 cm³/mol. The lowest BCUT2D eigenvalue weighted by Gasteiger charge is -2.38. The van der Waals surface area contributed by atoms with E-state index in [2.05, 4.69) is 5.32 Å². The molecular formula is C25H37N3O4. The van der Waals surface area contributed by atoms with Crippen LogP contribution in [-0.2, 0) is 9.59 Å². The highest BCUT2D eigenvalue weighted by Crippen LogP contribution is 2.29. The van der Waals surface area contributed by atoms with Crippen LogP contribution in [0.4, 0.5) is 0 Å². The van der Waals surface area contributed by atoms with Crippen LogP contribution < -0.4 is 10.1 Å². The fourth-order valence-corrected chi connectivity index (χ4v) is 4.99. The zero-order chi connectivity index (χ0) is 23.1. The number of nitrogens with zero attached hydrogens (tertiary/aromatic N) is 2. The van der Waals surface area contributed by atoms with Gasteiger partial charge in [0, 0.05) is 37.7 Å². The molecule has 1 saturated heterocycles. The zero-order valence-electron chi connectivity index (χ0n) is 19.6. The molecule has 32 heavy (non-hydrogen) atoms. The van der Waals surface area contributed by atoms with Crippen molar-refractivity contribution in [2.24, 2.45) is 11.8 Å². The highest BCUT2D eigenvalue weighted by molar-refractivity contribution is 5.98. The second-order valence-electron chi connectivity index (χ2n) is 8.84. The predicted octanol–water partition coefficient (Wildman–Crippen LogP) is 3.09. The lowest BCUT2D eigenvalue weighted by Crippen LogP contribution is -2.55. The third-order valence-corrected chi connectivity index (χ3v) is 6.99. The molecule has 0 spiro atoms. The molecule has 1 saturated carbocycles. The fraction of sp³-hybridized carbons (Fsp3) is 0.640. The van der Waals surface area contributed by atoms with E-state index in [1.165, 1.54) is 0 Å². The van der Waals surface area contributed by atoms with Crippen LogP contribution in [0.1, 0.15) is 62.7 Å². The van der Waals surface area contributed by atoms with Crippen LogP contribution in [0.5, 0.6) is 5.75 Å². The summed E-state index contributed by atoms with van der Waals surface area (Å²) < 4.78 is 5.23. The minimum Gasteiger partial charge on any atom is -0.497 e. The first-order chi connectivity index (χ1) is 15.5. The van der Waals surface area contributed by atoms with Crippen molar-refractivity contribution in [2.75, 3.05) is 33.3 Å². The average Bonchev–Trinajstić information content (AvgIpc) is 3.38. The number of methoxy groups -OCH3 is 1. The van der Waals surface area contributed by atoms with E-state index in [9.17, 15) is 14.4 Å². The Balaban J connectivity index is 1.71. The molecule has 3 rings (SSSR count). The van der Waals surface area contributed by atoms with Crippen LogP contribution in [0.2, 0.25) is 0 Å². The number of hydrogen-bond acceptors (Lipinski definition) is 4. The molecule has 1 aliphatic heterocycles. The van der Waals surface area contributed by atoms with E-state index < -0.39 is 6.04 Å². The van der Waals surface area contributed by atoms with Crippen molar-refractivity contribution in [2.45, 2.75) is 58.4 Å². The Labute approximate surface area is 191 Å². The number of hydrogen-bond donors (Lipinski definition) is 1. The van der Waals surface area contributed by atoms with Gasteiger partial charge in [0.15, 0.2) is 0 Å². The monoisotopic (exact) mass is 443 g/mol. The largest absolute Gasteiger partial charge is 0.497 e. The lowest BCUT2D eigenvalue weighted by molar-refractivity contribution is -0.138. The first-order valence-corrected chi connectivity index (χ1v) is 12.0. The number of carbonyl (C=O) groups excluding carboxylic acids is 3. The van der Waals surface area contributed by atoms with Crippen LogP contribution in [0.15, 0.2) is 24.3 Å². The summed E-state index contributed by atoms with van der Waals surface area (Å²) in [6, 6.07) is 6.35. The minimum atomic E-state index is -0.600. The maximum atomic E-state index is 13.3. The topological polar surface area (TPSA) is 79.0 Å². The summed E-state index contributed by atoms with van der Waals surface area (Å²) in [5.41, 5.74) is 0.468. The van der Waals surface area contributed by atoms with Crippen molar-refractivity contribution in [3.05, 3.63) is 29.8 Å². The van der Waals surface area contributed by atoms with E-state index in [1.54, 1.807) is 36.3 Å². The number of piperidine rings is 1. The van der Waals surface area contributed by atoms with Gasteiger partial charge in [-0.15, -0.1) is 0 Å². The molecule has 176 valence electrons. The van der Waals surface area contributed by atoms with Gasteiger partial charge in [0.2, 0.25) is 11.8 Å². The molecule has 1 aromatic carbocycles. The quantitative estimate of drug-likeness (QED) is 0.670. The molecule has 2 aliphatic rings. The number of nitrogens with one attached hydrogen (secondary N) is 1. The third kappa shape index (κ3) is 5.61. The van der Waals surface area contributed by atoms with Crippen LogP contribution in [0.3, 0.4) is 0 Å². The average molecular weight is 444 g/mol. The Morgan fingerprint density at radius 2 is 1.75 bits per heavy atom. The molecular weight excluding hydrogens is 406 g/mol. The Kier molecular flexibility index (Phi) is 8.53. The van der Waals surface area contributed by atoms with Crippen molar-refractivity contribution < 1.29 is 19.1 Å². The van der Waals surface area contributed by atoms with Crippen molar-refractivity contribution in [3.8, 4) is 5.75 Å². The Morgan fingerprint density at radius 3 is 2.34 bits per heavy atom. The van der Waals surface area contributed by atoms with Gasteiger partial charge in [-0.25, -0.2) is 0 Å². The molecule has 1 aromatic rings. The van der Waals surface area contributed by atoms with E-state index >= 15 is 0 Å². The fourth-order valence-electron chi connectivity index (χ4n) is 4.99. The minimum absolute atomic E-state index is 0.00489. The smallest absolute Gasteiger partial charge is 0.252 e. The van der Waals surface area contributed by atoms with Crippen LogP contribution in [0.25, 0.3) is 0 Å². The van der Waals surface area contributed by atoms with Gasteiger partial charge in [0.25, 0.3) is 5.91 Å². The number of amides is 3. The van der Waals surface area contributed by atoms with Crippen LogP contribution >= 0.6 is 0 Å². The number of likely N-dealkylation sites (tertiary alicyclic amines) is 1. The third-order valence-electron chi connectivity index (χ3n) is 6.99. The molecule has 7 nitrogen and oxygen atoms in total. The molecule has 0 bridgehead atoms. The van der Waals surface area contributed by atoms with Gasteiger partial charge in [0.05, 0.1) is 7.11 Å². The summed E-state index contributed by atoms with van der Waals surface area (Å²) in [7, 11) is 1.56. The summed E-state index contributed by atoms with van der Waals surface area (Å²) in [5, 5.41) is 3.01. The number of carbonyl (C=O) groups is 3. The van der Waals surface area contributed by atoms with E-state index in [4.69, 9.17) is 4.74 Å². The highest BCUT2D eigenvalue weighted by Gasteiger charge is 2.37. The number of rotatable bonds is 8. The van der Waals surface area contributed by atoms with Crippen molar-refractivity contribution >= 4 is 17.7 Å². The second-order valence-corrected chi connectivity index (χ2v) is 8.84. The summed E-state index contributed by atoms with van der Waals surface area (Å²) in [4.78, 5) is 42.9. The molecule has 7 heteroatoms. The van der Waals surface area contributed by atoms with Gasteiger partial charge in [-0.05, 0) is 63.6 Å². The second kappa shape index (κ2) is 11.3. The van der Waals surface area contributed by atoms with E-state index in [0.29, 0.717) is 50.3 Å². The number of benzene rings is 1. The van der Waals surface area contributed by atoms with Gasteiger partial charge in [0.1, 0.15) is 11.8 Å². The van der Waals surface area contributed by atoms with Gasteiger partial charge in [-0.1, -0.05) is 18.9 Å². The molecule has 1 atom stereocenters. The van der Waals surface area contributed by atoms with E-state index in [0.717, 1.165) is 25.7 Å². The van der Waals surface area contributed by atoms with Crippen molar-refractivity contribution in [1.82, 2.24) is 15.1 Å². The standard InChI is InChI=1S/C25H37N3O4/c1-4-27(5-2)25(31)22(26-23(29)20-11-8-12-21(17-20)32-3)18-13-15-28(16-14-18)24(30)19-9-6-7-10-19/h8,11-12,17-19,22H,4-7,9-10,13-16H2,1-3H3,(H,26,29)/t22-/m0/s1. The maximum Gasteiger partial charge on any atom is 0.252 e. The van der Waals surface area contributed by atoms with Crippen LogP contribution in [-0.4, -0.2) is 66.9 Å². The van der Waals surface area contributed by atoms with Crippen molar-refractivity contribution in [3.63, 3.8) is 0 Å². The SMILES string of the molecule is CCN(CC)C(=O)[C@@H](NC(=O)c1cccc(OC)c1)C1CCN(C(=O)C2CCCC2)CC1. The molecule has 1 heterocycles. The molecule has 3 amide bonds. The van der Waals surface area contributed by atoms with Gasteiger partial charge >= 0.3 is 0 Å². The summed E-state index contributed by atoms with van der Waals surface area (Å²) in [6.07, 6.45) is 5.72. The van der Waals surface area contributed by atoms with Gasteiger partial charge in [-0.3, -0.25) is 14.4 Å². The normalized spacial score (nSPS) is 18.3.